The molecule has 1 saturated heterocycles. The maximum absolute atomic E-state index is 12.4. The molecule has 1 aliphatic heterocycles. The van der Waals surface area contributed by atoms with Crippen molar-refractivity contribution in [3.05, 3.63) is 50.4 Å². The molecule has 11 nitrogen and oxygen atoms in total. The van der Waals surface area contributed by atoms with Crippen LogP contribution in [-0.4, -0.2) is 52.7 Å². The lowest BCUT2D eigenvalue weighted by Crippen LogP contribution is -2.45. The first-order valence-corrected chi connectivity index (χ1v) is 8.58. The van der Waals surface area contributed by atoms with Crippen molar-refractivity contribution < 1.29 is 24.0 Å². The molecular formula is C17H21N5O6. The van der Waals surface area contributed by atoms with E-state index < -0.39 is 34.7 Å². The quantitative estimate of drug-likeness (QED) is 0.187. The molecule has 0 spiro atoms. The maximum Gasteiger partial charge on any atom is 0.410 e. The second kappa shape index (κ2) is 8.57. The summed E-state index contributed by atoms with van der Waals surface area (Å²) in [4.78, 5) is 39.0. The number of carbonyl (C=O) groups is 2. The van der Waals surface area contributed by atoms with Gasteiger partial charge in [-0.25, -0.2) is 9.59 Å². The maximum atomic E-state index is 12.4. The largest absolute Gasteiger partial charge is 0.457 e. The van der Waals surface area contributed by atoms with Gasteiger partial charge in [0.1, 0.15) is 11.7 Å². The van der Waals surface area contributed by atoms with E-state index in [0.29, 0.717) is 6.42 Å². The summed E-state index contributed by atoms with van der Waals surface area (Å²) in [6.07, 6.45) is -0.927. The lowest BCUT2D eigenvalue weighted by molar-refractivity contribution is -0.384. The van der Waals surface area contributed by atoms with Gasteiger partial charge in [0, 0.05) is 30.0 Å². The van der Waals surface area contributed by atoms with Crippen LogP contribution in [0.3, 0.4) is 0 Å². The monoisotopic (exact) mass is 391 g/mol. The molecule has 0 aromatic heterocycles. The smallest absolute Gasteiger partial charge is 0.410 e. The molecule has 1 aliphatic rings. The molecule has 0 saturated carbocycles. The molecule has 1 aromatic carbocycles. The summed E-state index contributed by atoms with van der Waals surface area (Å²) in [5, 5.41) is 14.2. The first-order valence-electron chi connectivity index (χ1n) is 8.58. The highest BCUT2D eigenvalue weighted by Crippen LogP contribution is 2.25. The molecule has 1 fully saturated rings. The van der Waals surface area contributed by atoms with Crippen molar-refractivity contribution in [1.29, 1.82) is 0 Å². The molecule has 1 amide bonds. The SMILES string of the molecule is CC(C)(C)OC(=O)N1CC[C@@H](OC(=O)c2ccc([N+](=O)[O-])cc2)[C@H]1CN=[N+]=[N-]. The number of rotatable bonds is 5. The molecule has 0 bridgehead atoms. The van der Waals surface area contributed by atoms with Crippen molar-refractivity contribution >= 4 is 17.7 Å². The Morgan fingerprint density at radius 1 is 1.36 bits per heavy atom. The van der Waals surface area contributed by atoms with Gasteiger partial charge in [0.25, 0.3) is 5.69 Å². The third-order valence-electron chi connectivity index (χ3n) is 4.02. The van der Waals surface area contributed by atoms with Crippen LogP contribution in [-0.2, 0) is 9.47 Å². The number of ether oxygens (including phenoxy) is 2. The number of non-ortho nitro benzene ring substituents is 1. The molecule has 2 atom stereocenters. The van der Waals surface area contributed by atoms with Crippen LogP contribution in [0.4, 0.5) is 10.5 Å². The van der Waals surface area contributed by atoms with Gasteiger partial charge < -0.3 is 14.4 Å². The Kier molecular flexibility index (Phi) is 6.42. The fourth-order valence-electron chi connectivity index (χ4n) is 2.77. The van der Waals surface area contributed by atoms with E-state index in [1.807, 2.05) is 0 Å². The second-order valence-electron chi connectivity index (χ2n) is 7.19. The Morgan fingerprint density at radius 2 is 2.00 bits per heavy atom. The minimum Gasteiger partial charge on any atom is -0.457 e. The van der Waals surface area contributed by atoms with Gasteiger partial charge in [0.05, 0.1) is 23.1 Å². The number of amides is 1. The van der Waals surface area contributed by atoms with Gasteiger partial charge in [-0.1, -0.05) is 5.11 Å². The third kappa shape index (κ3) is 5.34. The highest BCUT2D eigenvalue weighted by Gasteiger charge is 2.41. The van der Waals surface area contributed by atoms with Crippen molar-refractivity contribution in [3.8, 4) is 0 Å². The fraction of sp³-hybridized carbons (Fsp3) is 0.529. The average Bonchev–Trinajstić information content (AvgIpc) is 3.01. The van der Waals surface area contributed by atoms with Gasteiger partial charge in [-0.3, -0.25) is 10.1 Å². The second-order valence-corrected chi connectivity index (χ2v) is 7.19. The van der Waals surface area contributed by atoms with Crippen LogP contribution in [0.1, 0.15) is 37.6 Å². The molecule has 1 heterocycles. The topological polar surface area (TPSA) is 148 Å². The lowest BCUT2D eigenvalue weighted by Gasteiger charge is -2.29. The number of hydrogen-bond donors (Lipinski definition) is 0. The normalized spacial score (nSPS) is 18.9. The number of nitrogens with zero attached hydrogens (tertiary/aromatic N) is 5. The van der Waals surface area contributed by atoms with Gasteiger partial charge in [-0.2, -0.15) is 0 Å². The summed E-state index contributed by atoms with van der Waals surface area (Å²) in [6, 6.07) is 4.34. The van der Waals surface area contributed by atoms with Crippen LogP contribution in [0.2, 0.25) is 0 Å². The van der Waals surface area contributed by atoms with Crippen molar-refractivity contribution in [2.45, 2.75) is 44.9 Å². The van der Waals surface area contributed by atoms with Crippen LogP contribution >= 0.6 is 0 Å². The molecule has 0 unspecified atom stereocenters. The molecule has 11 heteroatoms. The number of carbonyl (C=O) groups excluding carboxylic acids is 2. The number of azide groups is 1. The van der Waals surface area contributed by atoms with Crippen LogP contribution < -0.4 is 0 Å². The number of hydrogen-bond acceptors (Lipinski definition) is 7. The summed E-state index contributed by atoms with van der Waals surface area (Å²) in [5.41, 5.74) is 7.91. The van der Waals surface area contributed by atoms with Gasteiger partial charge in [-0.15, -0.1) is 0 Å². The number of benzene rings is 1. The molecule has 28 heavy (non-hydrogen) atoms. The van der Waals surface area contributed by atoms with E-state index >= 15 is 0 Å². The number of likely N-dealkylation sites (tertiary alicyclic amines) is 1. The average molecular weight is 391 g/mol. The van der Waals surface area contributed by atoms with Crippen LogP contribution in [0.15, 0.2) is 29.4 Å². The summed E-state index contributed by atoms with van der Waals surface area (Å²) < 4.78 is 10.8. The molecule has 0 radical (unpaired) electrons. The van der Waals surface area contributed by atoms with Crippen molar-refractivity contribution in [3.63, 3.8) is 0 Å². The third-order valence-corrected chi connectivity index (χ3v) is 4.02. The first kappa shape index (κ1) is 21.0. The number of nitro benzene ring substituents is 1. The molecule has 0 N–H and O–H groups in total. The summed E-state index contributed by atoms with van der Waals surface area (Å²) >= 11 is 0. The molecule has 2 rings (SSSR count). The Hall–Kier alpha value is -3.33. The van der Waals surface area contributed by atoms with Crippen LogP contribution in [0, 0.1) is 10.1 Å². The molecular weight excluding hydrogens is 370 g/mol. The van der Waals surface area contributed by atoms with E-state index in [-0.39, 0.29) is 24.3 Å². The van der Waals surface area contributed by atoms with Crippen molar-refractivity contribution in [1.82, 2.24) is 4.90 Å². The fourth-order valence-corrected chi connectivity index (χ4v) is 2.77. The summed E-state index contributed by atoms with van der Waals surface area (Å²) in [6.45, 7) is 5.40. The van der Waals surface area contributed by atoms with Crippen LogP contribution in [0.5, 0.6) is 0 Å². The van der Waals surface area contributed by atoms with E-state index in [0.717, 1.165) is 0 Å². The first-order chi connectivity index (χ1) is 13.1. The minimum atomic E-state index is -0.701. The molecule has 1 aromatic rings. The highest BCUT2D eigenvalue weighted by atomic mass is 16.6. The zero-order valence-electron chi connectivity index (χ0n) is 15.8. The minimum absolute atomic E-state index is 0.0754. The van der Waals surface area contributed by atoms with E-state index in [2.05, 4.69) is 10.0 Å². The van der Waals surface area contributed by atoms with Crippen LogP contribution in [0.25, 0.3) is 10.4 Å². The Balaban J connectivity index is 2.12. The summed E-state index contributed by atoms with van der Waals surface area (Å²) in [5.74, 6) is -0.683. The zero-order chi connectivity index (χ0) is 20.9. The number of nitro groups is 1. The Bertz CT molecular complexity index is 797. The van der Waals surface area contributed by atoms with E-state index in [4.69, 9.17) is 15.0 Å². The Morgan fingerprint density at radius 3 is 2.54 bits per heavy atom. The van der Waals surface area contributed by atoms with Gasteiger partial charge in [-0.05, 0) is 38.4 Å². The standard InChI is InChI=1S/C17H21N5O6/c1-17(2,3)28-16(24)21-9-8-14(13(21)10-19-20-18)27-15(23)11-4-6-12(7-5-11)22(25)26/h4-7,13-14H,8-10H2,1-3H3/t13-,14-/m1/s1. The van der Waals surface area contributed by atoms with E-state index in [1.165, 1.54) is 29.2 Å². The molecule has 150 valence electrons. The van der Waals surface area contributed by atoms with E-state index in [1.54, 1.807) is 20.8 Å². The number of esters is 1. The lowest BCUT2D eigenvalue weighted by atomic mass is 10.1. The molecule has 0 aliphatic carbocycles. The predicted molar refractivity (Wildman–Crippen MR) is 97.7 cm³/mol. The van der Waals surface area contributed by atoms with Crippen molar-refractivity contribution in [2.75, 3.05) is 13.1 Å². The predicted octanol–water partition coefficient (Wildman–Crippen LogP) is 3.44. The van der Waals surface area contributed by atoms with Crippen molar-refractivity contribution in [2.24, 2.45) is 5.11 Å². The summed E-state index contributed by atoms with van der Waals surface area (Å²) in [7, 11) is 0. The van der Waals surface area contributed by atoms with Gasteiger partial charge >= 0.3 is 12.1 Å². The van der Waals surface area contributed by atoms with Gasteiger partial charge in [0.2, 0.25) is 0 Å². The zero-order valence-corrected chi connectivity index (χ0v) is 15.8. The van der Waals surface area contributed by atoms with Gasteiger partial charge in [0.15, 0.2) is 0 Å². The highest BCUT2D eigenvalue weighted by molar-refractivity contribution is 5.89. The van der Waals surface area contributed by atoms with E-state index in [9.17, 15) is 19.7 Å². The Labute approximate surface area is 161 Å².